The highest BCUT2D eigenvalue weighted by Gasteiger charge is 2.24. The van der Waals surface area contributed by atoms with Gasteiger partial charge in [-0.1, -0.05) is 38.7 Å². The monoisotopic (exact) mass is 272 g/mol. The Kier molecular flexibility index (Phi) is 5.59. The Balaban J connectivity index is 1.89. The molecule has 2 heteroatoms. The third-order valence-electron chi connectivity index (χ3n) is 4.39. The molecule has 1 aromatic rings. The van der Waals surface area contributed by atoms with Gasteiger partial charge in [-0.05, 0) is 55.2 Å². The van der Waals surface area contributed by atoms with E-state index in [0.29, 0.717) is 11.5 Å². The molecule has 0 aromatic heterocycles. The van der Waals surface area contributed by atoms with Gasteiger partial charge in [-0.2, -0.15) is 5.26 Å². The van der Waals surface area contributed by atoms with Crippen molar-refractivity contribution in [2.75, 3.05) is 0 Å². The van der Waals surface area contributed by atoms with E-state index < -0.39 is 0 Å². The largest absolute Gasteiger partial charge is 0.207 e. The van der Waals surface area contributed by atoms with E-state index in [1.165, 1.54) is 38.2 Å². The van der Waals surface area contributed by atoms with Gasteiger partial charge in [-0.25, -0.2) is 4.39 Å². The molecule has 0 N–H and O–H groups in total. The minimum atomic E-state index is -0.216. The van der Waals surface area contributed by atoms with Gasteiger partial charge in [-0.15, -0.1) is 0 Å². The van der Waals surface area contributed by atoms with Crippen LogP contribution < -0.4 is 0 Å². The summed E-state index contributed by atoms with van der Waals surface area (Å²) < 4.78 is 14.0. The van der Waals surface area contributed by atoms with Crippen LogP contribution in [0.2, 0.25) is 0 Å². The van der Waals surface area contributed by atoms with Gasteiger partial charge in [0.1, 0.15) is 5.82 Å². The maximum absolute atomic E-state index is 14.0. The number of nitriles is 1. The highest BCUT2D eigenvalue weighted by molar-refractivity contribution is 5.34. The molecule has 1 fully saturated rings. The van der Waals surface area contributed by atoms with Crippen LogP contribution >= 0.6 is 0 Å². The van der Waals surface area contributed by atoms with Crippen molar-refractivity contribution in [1.29, 1.82) is 5.26 Å². The van der Waals surface area contributed by atoms with Crippen molar-refractivity contribution in [2.45, 2.75) is 57.8 Å². The molecule has 0 heterocycles. The van der Waals surface area contributed by atoms with Gasteiger partial charge in [0.25, 0.3) is 0 Å². The van der Waals surface area contributed by atoms with E-state index in [-0.39, 0.29) is 5.82 Å². The fourth-order valence-electron chi connectivity index (χ4n) is 3.14. The van der Waals surface area contributed by atoms with Crippen LogP contribution in [0.4, 0.5) is 4.39 Å². The minimum Gasteiger partial charge on any atom is -0.207 e. The second-order valence-electron chi connectivity index (χ2n) is 5.85. The minimum absolute atomic E-state index is 0.216. The fraction of sp³-hybridized carbons (Fsp3) is 0.556. The molecule has 20 heavy (non-hydrogen) atoms. The van der Waals surface area contributed by atoms with Gasteiger partial charge in [0.05, 0.1) is 11.6 Å². The van der Waals surface area contributed by atoms with Crippen molar-refractivity contribution in [1.82, 2.24) is 0 Å². The second kappa shape index (κ2) is 7.43. The number of nitrogens with zero attached hydrogens (tertiary/aromatic N) is 1. The summed E-state index contributed by atoms with van der Waals surface area (Å²) in [6.07, 6.45) is 10.8. The number of hydrogen-bond donors (Lipinski definition) is 0. The van der Waals surface area contributed by atoms with Crippen molar-refractivity contribution >= 4 is 0 Å². The molecule has 1 radical (unpaired) electrons. The summed E-state index contributed by atoms with van der Waals surface area (Å²) in [5.74, 6) is 0.802. The number of rotatable bonds is 5. The van der Waals surface area contributed by atoms with Gasteiger partial charge >= 0.3 is 0 Å². The summed E-state index contributed by atoms with van der Waals surface area (Å²) in [6.45, 7) is 2.23. The molecule has 0 bridgehead atoms. The molecule has 1 saturated carbocycles. The van der Waals surface area contributed by atoms with E-state index in [1.54, 1.807) is 12.1 Å². The normalized spacial score (nSPS) is 22.4. The number of halogens is 1. The van der Waals surface area contributed by atoms with Crippen LogP contribution in [-0.4, -0.2) is 0 Å². The molecular weight excluding hydrogens is 249 g/mol. The molecule has 0 spiro atoms. The van der Waals surface area contributed by atoms with Gasteiger partial charge in [0, 0.05) is 0 Å². The Morgan fingerprint density at radius 2 is 2.15 bits per heavy atom. The molecule has 1 aliphatic carbocycles. The molecular formula is C18H23FN. The first kappa shape index (κ1) is 15.0. The third-order valence-corrected chi connectivity index (χ3v) is 4.39. The lowest BCUT2D eigenvalue weighted by atomic mass is 9.77. The van der Waals surface area contributed by atoms with Crippen LogP contribution in [0.3, 0.4) is 0 Å². The standard InChI is InChI=1S/C18H23FN/c1-2-3-4-5-14-6-9-16(10-7-14)17-11-8-15(13-20)12-18(17)19/h6,8,11-12,14,16H,2-5,7,9-10H2,1H3. The van der Waals surface area contributed by atoms with E-state index in [0.717, 1.165) is 24.3 Å². The van der Waals surface area contributed by atoms with E-state index in [4.69, 9.17) is 5.26 Å². The lowest BCUT2D eigenvalue weighted by molar-refractivity contribution is 0.371. The van der Waals surface area contributed by atoms with Gasteiger partial charge in [0.15, 0.2) is 0 Å². The topological polar surface area (TPSA) is 23.8 Å². The molecule has 0 amide bonds. The summed E-state index contributed by atoms with van der Waals surface area (Å²) >= 11 is 0. The molecule has 2 rings (SSSR count). The Hall–Kier alpha value is -1.36. The molecule has 1 nitrogen and oxygen atoms in total. The second-order valence-corrected chi connectivity index (χ2v) is 5.85. The number of benzene rings is 1. The number of unbranched alkanes of at least 4 members (excludes halogenated alkanes) is 2. The van der Waals surface area contributed by atoms with Crippen molar-refractivity contribution in [3.8, 4) is 6.07 Å². The van der Waals surface area contributed by atoms with Crippen molar-refractivity contribution < 1.29 is 4.39 Å². The molecule has 1 aliphatic rings. The molecule has 0 aliphatic heterocycles. The first-order chi connectivity index (χ1) is 9.74. The summed E-state index contributed by atoms with van der Waals surface area (Å²) in [7, 11) is 0. The summed E-state index contributed by atoms with van der Waals surface area (Å²) in [5, 5.41) is 8.78. The first-order valence-corrected chi connectivity index (χ1v) is 7.77. The van der Waals surface area contributed by atoms with Crippen LogP contribution in [0.5, 0.6) is 0 Å². The molecule has 107 valence electrons. The SMILES string of the molecule is CCCCCC1[CH]CC(c2ccc(C#N)cc2F)CC1. The van der Waals surface area contributed by atoms with Gasteiger partial charge in [0.2, 0.25) is 0 Å². The maximum Gasteiger partial charge on any atom is 0.127 e. The quantitative estimate of drug-likeness (QED) is 0.661. The van der Waals surface area contributed by atoms with E-state index in [1.807, 2.05) is 6.07 Å². The predicted octanol–water partition coefficient (Wildman–Crippen LogP) is 5.37. The molecule has 2 unspecified atom stereocenters. The van der Waals surface area contributed by atoms with Crippen LogP contribution in [-0.2, 0) is 0 Å². The van der Waals surface area contributed by atoms with Gasteiger partial charge in [-0.3, -0.25) is 0 Å². The average Bonchev–Trinajstić information content (AvgIpc) is 2.48. The summed E-state index contributed by atoms with van der Waals surface area (Å²) in [5.41, 5.74) is 1.19. The van der Waals surface area contributed by atoms with Crippen LogP contribution in [0.15, 0.2) is 18.2 Å². The lowest BCUT2D eigenvalue weighted by Gasteiger charge is -2.28. The zero-order chi connectivity index (χ0) is 14.4. The maximum atomic E-state index is 14.0. The van der Waals surface area contributed by atoms with E-state index in [2.05, 4.69) is 13.3 Å². The van der Waals surface area contributed by atoms with E-state index in [9.17, 15) is 4.39 Å². The Morgan fingerprint density at radius 3 is 2.75 bits per heavy atom. The zero-order valence-electron chi connectivity index (χ0n) is 12.2. The van der Waals surface area contributed by atoms with Crippen molar-refractivity contribution in [3.05, 3.63) is 41.6 Å². The van der Waals surface area contributed by atoms with Crippen molar-refractivity contribution in [2.24, 2.45) is 5.92 Å². The van der Waals surface area contributed by atoms with Crippen LogP contribution in [0.25, 0.3) is 0 Å². The Labute approximate surface area is 121 Å². The average molecular weight is 272 g/mol. The van der Waals surface area contributed by atoms with Crippen LogP contribution in [0.1, 0.15) is 68.9 Å². The molecule has 2 atom stereocenters. The smallest absolute Gasteiger partial charge is 0.127 e. The Morgan fingerprint density at radius 1 is 1.30 bits per heavy atom. The third kappa shape index (κ3) is 3.82. The highest BCUT2D eigenvalue weighted by atomic mass is 19.1. The molecule has 0 saturated heterocycles. The van der Waals surface area contributed by atoms with E-state index >= 15 is 0 Å². The predicted molar refractivity (Wildman–Crippen MR) is 79.6 cm³/mol. The molecule has 1 aromatic carbocycles. The van der Waals surface area contributed by atoms with Gasteiger partial charge < -0.3 is 0 Å². The summed E-state index contributed by atoms with van der Waals surface area (Å²) in [4.78, 5) is 0. The Bertz CT molecular complexity index is 467. The zero-order valence-corrected chi connectivity index (χ0v) is 12.2. The fourth-order valence-corrected chi connectivity index (χ4v) is 3.14. The number of hydrogen-bond acceptors (Lipinski definition) is 1. The van der Waals surface area contributed by atoms with Crippen molar-refractivity contribution in [3.63, 3.8) is 0 Å². The first-order valence-electron chi connectivity index (χ1n) is 7.77. The van der Waals surface area contributed by atoms with Crippen LogP contribution in [0, 0.1) is 29.5 Å². The lowest BCUT2D eigenvalue weighted by Crippen LogP contribution is -2.15. The summed E-state index contributed by atoms with van der Waals surface area (Å²) in [6, 6.07) is 6.87. The highest BCUT2D eigenvalue weighted by Crippen LogP contribution is 2.38.